The quantitative estimate of drug-likeness (QED) is 0.563. The van der Waals surface area contributed by atoms with Crippen molar-refractivity contribution in [2.24, 2.45) is 5.41 Å². The van der Waals surface area contributed by atoms with Crippen LogP contribution in [0.2, 0.25) is 0 Å². The first-order valence-corrected chi connectivity index (χ1v) is 3.62. The van der Waals surface area contributed by atoms with Crippen molar-refractivity contribution in [1.29, 1.82) is 0 Å². The van der Waals surface area contributed by atoms with Crippen LogP contribution >= 0.6 is 0 Å². The van der Waals surface area contributed by atoms with Gasteiger partial charge in [0.2, 0.25) is 0 Å². The lowest BCUT2D eigenvalue weighted by Crippen LogP contribution is -2.27. The Kier molecular flexibility index (Phi) is 3.20. The maximum absolute atomic E-state index is 2.30. The van der Waals surface area contributed by atoms with Crippen molar-refractivity contribution >= 4 is 0 Å². The van der Waals surface area contributed by atoms with Gasteiger partial charge in [0.25, 0.3) is 0 Å². The molecular weight excluding hydrogens is 110 g/mol. The van der Waals surface area contributed by atoms with Gasteiger partial charge in [-0.1, -0.05) is 20.8 Å². The highest BCUT2D eigenvalue weighted by Crippen LogP contribution is 2.19. The van der Waals surface area contributed by atoms with E-state index in [1.807, 2.05) is 0 Å². The van der Waals surface area contributed by atoms with E-state index in [4.69, 9.17) is 0 Å². The van der Waals surface area contributed by atoms with E-state index in [9.17, 15) is 0 Å². The molecule has 0 N–H and O–H groups in total. The lowest BCUT2D eigenvalue weighted by molar-refractivity contribution is 0.233. The summed E-state index contributed by atoms with van der Waals surface area (Å²) in [6.07, 6.45) is 1.26. The highest BCUT2D eigenvalue weighted by atomic mass is 15.1. The number of hydrogen-bond acceptors (Lipinski definition) is 1. The summed E-state index contributed by atoms with van der Waals surface area (Å²) in [7, 11) is 4.24. The fraction of sp³-hybridized carbons (Fsp3) is 1.00. The van der Waals surface area contributed by atoms with Crippen LogP contribution in [0.25, 0.3) is 0 Å². The number of hydrogen-bond donors (Lipinski definition) is 0. The van der Waals surface area contributed by atoms with E-state index < -0.39 is 0 Å². The van der Waals surface area contributed by atoms with E-state index in [1.165, 1.54) is 13.0 Å². The molecule has 0 saturated heterocycles. The van der Waals surface area contributed by atoms with E-state index in [1.54, 1.807) is 0 Å². The van der Waals surface area contributed by atoms with Crippen LogP contribution in [-0.2, 0) is 0 Å². The Morgan fingerprint density at radius 2 is 1.67 bits per heavy atom. The Balaban J connectivity index is 3.58. The van der Waals surface area contributed by atoms with Gasteiger partial charge in [-0.15, -0.1) is 0 Å². The summed E-state index contributed by atoms with van der Waals surface area (Å²) in [5.74, 6) is 0. The first-order chi connectivity index (χ1) is 3.98. The van der Waals surface area contributed by atoms with Crippen molar-refractivity contribution in [2.45, 2.75) is 27.2 Å². The van der Waals surface area contributed by atoms with Crippen LogP contribution in [0.5, 0.6) is 0 Å². The van der Waals surface area contributed by atoms with Crippen LogP contribution in [0.4, 0.5) is 0 Å². The minimum atomic E-state index is 0.490. The van der Waals surface area contributed by atoms with Crippen molar-refractivity contribution in [3.05, 3.63) is 0 Å². The molecule has 0 atom stereocenters. The number of rotatable bonds is 3. The fourth-order valence-electron chi connectivity index (χ4n) is 0.968. The maximum atomic E-state index is 2.30. The van der Waals surface area contributed by atoms with Crippen molar-refractivity contribution in [3.63, 3.8) is 0 Å². The summed E-state index contributed by atoms with van der Waals surface area (Å²) in [6, 6.07) is 0. The molecular formula is C8H19N. The maximum Gasteiger partial charge on any atom is 0.00265 e. The summed E-state index contributed by atoms with van der Waals surface area (Å²) in [5.41, 5.74) is 0.490. The van der Waals surface area contributed by atoms with Crippen LogP contribution in [-0.4, -0.2) is 25.5 Å². The summed E-state index contributed by atoms with van der Waals surface area (Å²) in [4.78, 5) is 2.24. The van der Waals surface area contributed by atoms with E-state index in [0.29, 0.717) is 5.41 Å². The second-order valence-electron chi connectivity index (χ2n) is 3.76. The second-order valence-corrected chi connectivity index (χ2v) is 3.76. The summed E-state index contributed by atoms with van der Waals surface area (Å²) < 4.78 is 0. The molecule has 1 nitrogen and oxygen atoms in total. The van der Waals surface area contributed by atoms with Crippen molar-refractivity contribution in [3.8, 4) is 0 Å². The van der Waals surface area contributed by atoms with Gasteiger partial charge < -0.3 is 4.90 Å². The van der Waals surface area contributed by atoms with Crippen LogP contribution in [0.15, 0.2) is 0 Å². The average molecular weight is 129 g/mol. The Morgan fingerprint density at radius 1 is 1.22 bits per heavy atom. The monoisotopic (exact) mass is 129 g/mol. The van der Waals surface area contributed by atoms with Crippen molar-refractivity contribution in [2.75, 3.05) is 20.6 Å². The van der Waals surface area contributed by atoms with Crippen LogP contribution in [0.1, 0.15) is 27.2 Å². The van der Waals surface area contributed by atoms with E-state index in [2.05, 4.69) is 39.8 Å². The van der Waals surface area contributed by atoms with Gasteiger partial charge in [-0.2, -0.15) is 0 Å². The van der Waals surface area contributed by atoms with Crippen molar-refractivity contribution < 1.29 is 0 Å². The highest BCUT2D eigenvalue weighted by Gasteiger charge is 2.14. The molecule has 0 heterocycles. The second kappa shape index (κ2) is 3.21. The van der Waals surface area contributed by atoms with Gasteiger partial charge in [-0.3, -0.25) is 0 Å². The largest absolute Gasteiger partial charge is 0.309 e. The van der Waals surface area contributed by atoms with Crippen LogP contribution in [0.3, 0.4) is 0 Å². The molecule has 0 amide bonds. The Morgan fingerprint density at radius 3 is 1.78 bits per heavy atom. The van der Waals surface area contributed by atoms with Gasteiger partial charge in [0.15, 0.2) is 0 Å². The lowest BCUT2D eigenvalue weighted by Gasteiger charge is -2.26. The third-order valence-corrected chi connectivity index (χ3v) is 1.70. The first-order valence-electron chi connectivity index (χ1n) is 3.62. The van der Waals surface area contributed by atoms with E-state index >= 15 is 0 Å². The molecule has 0 radical (unpaired) electrons. The van der Waals surface area contributed by atoms with E-state index in [0.717, 1.165) is 0 Å². The molecule has 0 rings (SSSR count). The SMILES string of the molecule is CCC(C)(C)CN(C)C. The molecule has 0 fully saturated rings. The molecule has 0 unspecified atom stereocenters. The molecule has 9 heavy (non-hydrogen) atoms. The molecule has 0 aromatic rings. The molecule has 0 aliphatic rings. The normalized spacial score (nSPS) is 12.7. The molecule has 56 valence electrons. The van der Waals surface area contributed by atoms with Gasteiger partial charge in [0.05, 0.1) is 0 Å². The smallest absolute Gasteiger partial charge is 0.00265 e. The number of nitrogens with zero attached hydrogens (tertiary/aromatic N) is 1. The molecule has 0 aliphatic carbocycles. The molecule has 1 heteroatoms. The van der Waals surface area contributed by atoms with Gasteiger partial charge in [0, 0.05) is 6.54 Å². The molecule has 0 bridgehead atoms. The summed E-state index contributed by atoms with van der Waals surface area (Å²) in [5, 5.41) is 0. The van der Waals surface area contributed by atoms with Gasteiger partial charge >= 0.3 is 0 Å². The Bertz CT molecular complexity index is 74.6. The Labute approximate surface area is 59.1 Å². The minimum absolute atomic E-state index is 0.490. The third kappa shape index (κ3) is 4.46. The third-order valence-electron chi connectivity index (χ3n) is 1.70. The lowest BCUT2D eigenvalue weighted by atomic mass is 9.90. The Hall–Kier alpha value is -0.0400. The van der Waals surface area contributed by atoms with Gasteiger partial charge in [0.1, 0.15) is 0 Å². The molecule has 0 aliphatic heterocycles. The zero-order chi connectivity index (χ0) is 7.49. The molecule has 0 spiro atoms. The van der Waals surface area contributed by atoms with Crippen molar-refractivity contribution in [1.82, 2.24) is 4.90 Å². The fourth-order valence-corrected chi connectivity index (χ4v) is 0.968. The predicted octanol–water partition coefficient (Wildman–Crippen LogP) is 1.98. The standard InChI is InChI=1S/C8H19N/c1-6-8(2,3)7-9(4)5/h6-7H2,1-5H3. The predicted molar refractivity (Wildman–Crippen MR) is 42.6 cm³/mol. The molecule has 0 aromatic carbocycles. The molecule has 0 aromatic heterocycles. The first kappa shape index (κ1) is 8.96. The average Bonchev–Trinajstić information content (AvgIpc) is 1.63. The topological polar surface area (TPSA) is 3.24 Å². The zero-order valence-electron chi connectivity index (χ0n) is 7.36. The zero-order valence-corrected chi connectivity index (χ0v) is 7.36. The van der Waals surface area contributed by atoms with Crippen LogP contribution < -0.4 is 0 Å². The van der Waals surface area contributed by atoms with Gasteiger partial charge in [-0.05, 0) is 25.9 Å². The minimum Gasteiger partial charge on any atom is -0.309 e. The summed E-state index contributed by atoms with van der Waals surface area (Å²) in [6.45, 7) is 8.02. The summed E-state index contributed by atoms with van der Waals surface area (Å²) >= 11 is 0. The van der Waals surface area contributed by atoms with Gasteiger partial charge in [-0.25, -0.2) is 0 Å². The van der Waals surface area contributed by atoms with Crippen LogP contribution in [0, 0.1) is 5.41 Å². The highest BCUT2D eigenvalue weighted by molar-refractivity contribution is 4.68. The molecule has 0 saturated carbocycles. The van der Waals surface area contributed by atoms with E-state index in [-0.39, 0.29) is 0 Å².